The average Bonchev–Trinajstić information content (AvgIpc) is 2.75. The van der Waals surface area contributed by atoms with Crippen molar-refractivity contribution in [2.24, 2.45) is 0 Å². The molecule has 0 amide bonds. The second-order valence-electron chi connectivity index (χ2n) is 3.08. The standard InChI is InChI=1S/C11H7N3OS/c12-5-7-1-3-8(4-2-7)10(15)9-6-14-11(13)16-9/h1-4,6H,(H2,13,14). The molecule has 1 aromatic carbocycles. The van der Waals surface area contributed by atoms with Gasteiger partial charge >= 0.3 is 0 Å². The molecule has 16 heavy (non-hydrogen) atoms. The highest BCUT2D eigenvalue weighted by atomic mass is 32.1. The van der Waals surface area contributed by atoms with Gasteiger partial charge < -0.3 is 5.73 Å². The molecule has 0 atom stereocenters. The normalized spacial score (nSPS) is 9.69. The molecule has 2 aromatic rings. The molecular formula is C11H7N3OS. The molecule has 0 radical (unpaired) electrons. The van der Waals surface area contributed by atoms with Gasteiger partial charge in [-0.1, -0.05) is 11.3 Å². The van der Waals surface area contributed by atoms with E-state index in [0.29, 0.717) is 21.1 Å². The smallest absolute Gasteiger partial charge is 0.204 e. The summed E-state index contributed by atoms with van der Waals surface area (Å²) in [7, 11) is 0. The summed E-state index contributed by atoms with van der Waals surface area (Å²) in [6.45, 7) is 0. The van der Waals surface area contributed by atoms with Crippen LogP contribution in [0, 0.1) is 11.3 Å². The number of anilines is 1. The molecule has 1 heterocycles. The van der Waals surface area contributed by atoms with E-state index < -0.39 is 0 Å². The zero-order valence-corrected chi connectivity index (χ0v) is 8.99. The molecule has 0 saturated carbocycles. The molecule has 78 valence electrons. The molecule has 4 nitrogen and oxygen atoms in total. The number of carbonyl (C=O) groups is 1. The highest BCUT2D eigenvalue weighted by molar-refractivity contribution is 7.17. The van der Waals surface area contributed by atoms with Crippen molar-refractivity contribution in [3.8, 4) is 6.07 Å². The minimum absolute atomic E-state index is 0.126. The molecule has 0 bridgehead atoms. The number of benzene rings is 1. The predicted molar refractivity (Wildman–Crippen MR) is 61.1 cm³/mol. The lowest BCUT2D eigenvalue weighted by molar-refractivity contribution is 0.104. The monoisotopic (exact) mass is 229 g/mol. The summed E-state index contributed by atoms with van der Waals surface area (Å²) in [5.74, 6) is -0.126. The van der Waals surface area contributed by atoms with Gasteiger partial charge in [0.1, 0.15) is 0 Å². The van der Waals surface area contributed by atoms with E-state index in [1.165, 1.54) is 6.20 Å². The molecule has 0 unspecified atom stereocenters. The van der Waals surface area contributed by atoms with Crippen LogP contribution in [0.15, 0.2) is 30.5 Å². The lowest BCUT2D eigenvalue weighted by Gasteiger charge is -1.96. The SMILES string of the molecule is N#Cc1ccc(C(=O)c2cnc(N)s2)cc1. The van der Waals surface area contributed by atoms with Crippen LogP contribution in [0.3, 0.4) is 0 Å². The van der Waals surface area contributed by atoms with E-state index in [9.17, 15) is 4.79 Å². The first kappa shape index (κ1) is 10.3. The number of rotatable bonds is 2. The molecule has 1 aromatic heterocycles. The van der Waals surface area contributed by atoms with Crippen LogP contribution in [-0.4, -0.2) is 10.8 Å². The number of hydrogen-bond acceptors (Lipinski definition) is 5. The second-order valence-corrected chi connectivity index (χ2v) is 4.14. The van der Waals surface area contributed by atoms with E-state index in [1.807, 2.05) is 6.07 Å². The molecule has 0 aliphatic rings. The van der Waals surface area contributed by atoms with Gasteiger partial charge in [0.2, 0.25) is 5.78 Å². The number of carbonyl (C=O) groups excluding carboxylic acids is 1. The Bertz CT molecular complexity index is 566. The number of nitrogens with zero attached hydrogens (tertiary/aromatic N) is 2. The van der Waals surface area contributed by atoms with Crippen LogP contribution >= 0.6 is 11.3 Å². The van der Waals surface area contributed by atoms with Crippen LogP contribution in [0.1, 0.15) is 20.8 Å². The third kappa shape index (κ3) is 1.92. The van der Waals surface area contributed by atoms with Crippen molar-refractivity contribution in [2.75, 3.05) is 5.73 Å². The Morgan fingerprint density at radius 3 is 2.56 bits per heavy atom. The lowest BCUT2D eigenvalue weighted by atomic mass is 10.1. The maximum Gasteiger partial charge on any atom is 0.204 e. The first-order chi connectivity index (χ1) is 7.70. The first-order valence-corrected chi connectivity index (χ1v) is 5.28. The van der Waals surface area contributed by atoms with Gasteiger partial charge in [0, 0.05) is 5.56 Å². The Balaban J connectivity index is 2.31. The number of thiazole rings is 1. The lowest BCUT2D eigenvalue weighted by Crippen LogP contribution is -1.98. The Kier molecular flexibility index (Phi) is 2.66. The Morgan fingerprint density at radius 1 is 1.38 bits per heavy atom. The van der Waals surface area contributed by atoms with Gasteiger partial charge in [-0.15, -0.1) is 0 Å². The molecule has 5 heteroatoms. The summed E-state index contributed by atoms with van der Waals surface area (Å²) in [5.41, 5.74) is 6.51. The molecule has 2 N–H and O–H groups in total. The maximum atomic E-state index is 11.9. The summed E-state index contributed by atoms with van der Waals surface area (Å²) >= 11 is 1.15. The largest absolute Gasteiger partial charge is 0.375 e. The zero-order valence-electron chi connectivity index (χ0n) is 8.18. The van der Waals surface area contributed by atoms with Crippen LogP contribution in [0.4, 0.5) is 5.13 Å². The molecule has 0 aliphatic carbocycles. The van der Waals surface area contributed by atoms with E-state index in [1.54, 1.807) is 24.3 Å². The van der Waals surface area contributed by atoms with Crippen LogP contribution in [-0.2, 0) is 0 Å². The Hall–Kier alpha value is -2.19. The summed E-state index contributed by atoms with van der Waals surface area (Å²) in [4.78, 5) is 16.2. The van der Waals surface area contributed by atoms with Crippen LogP contribution in [0.2, 0.25) is 0 Å². The van der Waals surface area contributed by atoms with Crippen LogP contribution in [0.5, 0.6) is 0 Å². The van der Waals surface area contributed by atoms with E-state index in [4.69, 9.17) is 11.0 Å². The molecule has 0 aliphatic heterocycles. The number of nitrogens with two attached hydrogens (primary N) is 1. The van der Waals surface area contributed by atoms with Crippen molar-refractivity contribution < 1.29 is 4.79 Å². The highest BCUT2D eigenvalue weighted by Crippen LogP contribution is 2.18. The van der Waals surface area contributed by atoms with E-state index in [-0.39, 0.29) is 5.78 Å². The first-order valence-electron chi connectivity index (χ1n) is 4.47. The third-order valence-electron chi connectivity index (χ3n) is 2.02. The van der Waals surface area contributed by atoms with Crippen LogP contribution in [0.25, 0.3) is 0 Å². The molecule has 2 rings (SSSR count). The van der Waals surface area contributed by atoms with Gasteiger partial charge in [-0.2, -0.15) is 5.26 Å². The van der Waals surface area contributed by atoms with E-state index >= 15 is 0 Å². The van der Waals surface area contributed by atoms with Gasteiger partial charge in [0.15, 0.2) is 5.13 Å². The topological polar surface area (TPSA) is 79.8 Å². The molecule has 0 spiro atoms. The summed E-state index contributed by atoms with van der Waals surface area (Å²) < 4.78 is 0. The maximum absolute atomic E-state index is 11.9. The number of hydrogen-bond donors (Lipinski definition) is 1. The van der Waals surface area contributed by atoms with Gasteiger partial charge in [-0.05, 0) is 24.3 Å². The molecule has 0 saturated heterocycles. The molecule has 0 fully saturated rings. The number of nitrogen functional groups attached to an aromatic ring is 1. The number of nitriles is 1. The van der Waals surface area contributed by atoms with Crippen molar-refractivity contribution in [3.05, 3.63) is 46.5 Å². The van der Waals surface area contributed by atoms with E-state index in [2.05, 4.69) is 4.98 Å². The van der Waals surface area contributed by atoms with Gasteiger partial charge in [-0.3, -0.25) is 4.79 Å². The predicted octanol–water partition coefficient (Wildman–Crippen LogP) is 1.83. The fourth-order valence-electron chi connectivity index (χ4n) is 1.23. The quantitative estimate of drug-likeness (QED) is 0.796. The zero-order chi connectivity index (χ0) is 11.5. The van der Waals surface area contributed by atoms with Crippen molar-refractivity contribution >= 4 is 22.3 Å². The van der Waals surface area contributed by atoms with Gasteiger partial charge in [-0.25, -0.2) is 4.98 Å². The van der Waals surface area contributed by atoms with Gasteiger partial charge in [0.05, 0.1) is 22.7 Å². The fraction of sp³-hybridized carbons (Fsp3) is 0. The van der Waals surface area contributed by atoms with Crippen molar-refractivity contribution in [3.63, 3.8) is 0 Å². The number of ketones is 1. The summed E-state index contributed by atoms with van der Waals surface area (Å²) in [6, 6.07) is 8.46. The molecular weight excluding hydrogens is 222 g/mol. The minimum Gasteiger partial charge on any atom is -0.375 e. The minimum atomic E-state index is -0.126. The average molecular weight is 229 g/mol. The van der Waals surface area contributed by atoms with Gasteiger partial charge in [0.25, 0.3) is 0 Å². The van der Waals surface area contributed by atoms with Crippen molar-refractivity contribution in [2.45, 2.75) is 0 Å². The second kappa shape index (κ2) is 4.13. The summed E-state index contributed by atoms with van der Waals surface area (Å²) in [6.07, 6.45) is 1.46. The van der Waals surface area contributed by atoms with E-state index in [0.717, 1.165) is 11.3 Å². The van der Waals surface area contributed by atoms with Crippen LogP contribution < -0.4 is 5.73 Å². The van der Waals surface area contributed by atoms with Crippen molar-refractivity contribution in [1.29, 1.82) is 5.26 Å². The third-order valence-corrected chi connectivity index (χ3v) is 2.85. The highest BCUT2D eigenvalue weighted by Gasteiger charge is 2.11. The number of aromatic nitrogens is 1. The van der Waals surface area contributed by atoms with Crippen molar-refractivity contribution in [1.82, 2.24) is 4.98 Å². The Morgan fingerprint density at radius 2 is 2.06 bits per heavy atom. The fourth-order valence-corrected chi connectivity index (χ4v) is 1.88. The summed E-state index contributed by atoms with van der Waals surface area (Å²) in [5, 5.41) is 9.00. The Labute approximate surface area is 96.0 Å².